The molecule has 1 aliphatic rings. The molecular weight excluding hydrogens is 455 g/mol. The van der Waals surface area contributed by atoms with Crippen LogP contribution in [0.4, 0.5) is 18.9 Å². The molecule has 3 N–H and O–H groups in total. The molecule has 2 heterocycles. The zero-order chi connectivity index (χ0) is 21.4. The number of anilines is 1. The number of alkyl halides is 3. The second-order valence-electron chi connectivity index (χ2n) is 6.29. The van der Waals surface area contributed by atoms with Crippen LogP contribution in [0.5, 0.6) is 0 Å². The second-order valence-corrected chi connectivity index (χ2v) is 7.10. The van der Waals surface area contributed by atoms with E-state index in [0.717, 1.165) is 23.4 Å². The quantitative estimate of drug-likeness (QED) is 0.581. The molecule has 10 heteroatoms. The summed E-state index contributed by atoms with van der Waals surface area (Å²) in [5.74, 6) is -2.33. The van der Waals surface area contributed by atoms with Gasteiger partial charge in [0.15, 0.2) is 0 Å². The van der Waals surface area contributed by atoms with Crippen LogP contribution in [-0.4, -0.2) is 41.2 Å². The number of carboxylic acids is 1. The maximum Gasteiger partial charge on any atom is 0.490 e. The second kappa shape index (κ2) is 10.4. The number of pyridine rings is 1. The van der Waals surface area contributed by atoms with E-state index < -0.39 is 12.1 Å². The Bertz CT molecular complexity index is 821. The van der Waals surface area contributed by atoms with Crippen molar-refractivity contribution in [2.45, 2.75) is 24.9 Å². The Labute approximate surface area is 173 Å². The summed E-state index contributed by atoms with van der Waals surface area (Å²) < 4.78 is 32.5. The van der Waals surface area contributed by atoms with Crippen LogP contribution in [0.1, 0.15) is 34.7 Å². The lowest BCUT2D eigenvalue weighted by Crippen LogP contribution is -2.28. The lowest BCUT2D eigenvalue weighted by atomic mass is 9.92. The van der Waals surface area contributed by atoms with E-state index in [1.807, 2.05) is 12.1 Å². The number of halogens is 4. The van der Waals surface area contributed by atoms with E-state index in [1.165, 1.54) is 18.4 Å². The summed E-state index contributed by atoms with van der Waals surface area (Å²) in [5, 5.41) is 13.4. The smallest absolute Gasteiger partial charge is 0.475 e. The average molecular weight is 474 g/mol. The Morgan fingerprint density at radius 1 is 1.17 bits per heavy atom. The van der Waals surface area contributed by atoms with Crippen LogP contribution in [0.25, 0.3) is 0 Å². The Hall–Kier alpha value is -2.46. The highest BCUT2D eigenvalue weighted by Gasteiger charge is 2.38. The standard InChI is InChI=1S/C17H18BrN3O.C2HF3O2/c18-16-8-5-14(11-20-16)17(22)21-15-6-3-12(4-7-15)13-2-1-9-19-10-13;3-2(4,5)1(6)7/h3-8,11,13,19H,1-2,9-10H2,(H,21,22);(H,6,7). The molecule has 1 saturated heterocycles. The molecule has 1 unspecified atom stereocenters. The van der Waals surface area contributed by atoms with E-state index in [1.54, 1.807) is 18.3 Å². The molecule has 0 bridgehead atoms. The van der Waals surface area contributed by atoms with Crippen molar-refractivity contribution in [3.8, 4) is 0 Å². The first-order valence-electron chi connectivity index (χ1n) is 8.70. The van der Waals surface area contributed by atoms with Gasteiger partial charge in [0.2, 0.25) is 0 Å². The fourth-order valence-electron chi connectivity index (χ4n) is 2.69. The summed E-state index contributed by atoms with van der Waals surface area (Å²) in [6.45, 7) is 2.15. The van der Waals surface area contributed by atoms with Crippen LogP contribution in [0, 0.1) is 0 Å². The fraction of sp³-hybridized carbons (Fsp3) is 0.316. The van der Waals surface area contributed by atoms with Gasteiger partial charge in [0.1, 0.15) is 4.60 Å². The van der Waals surface area contributed by atoms with Gasteiger partial charge >= 0.3 is 12.1 Å². The zero-order valence-electron chi connectivity index (χ0n) is 15.2. The van der Waals surface area contributed by atoms with E-state index in [2.05, 4.69) is 43.7 Å². The van der Waals surface area contributed by atoms with Crippen LogP contribution in [0.3, 0.4) is 0 Å². The third-order valence-corrected chi connectivity index (χ3v) is 4.64. The van der Waals surface area contributed by atoms with Crippen molar-refractivity contribution >= 4 is 33.5 Å². The topological polar surface area (TPSA) is 91.3 Å². The van der Waals surface area contributed by atoms with Gasteiger partial charge in [-0.2, -0.15) is 13.2 Å². The molecule has 1 aromatic carbocycles. The SMILES string of the molecule is O=C(Nc1ccc(C2CCCNC2)cc1)c1ccc(Br)nc1.O=C(O)C(F)(F)F. The van der Waals surface area contributed by atoms with Crippen LogP contribution < -0.4 is 10.6 Å². The molecule has 1 atom stereocenters. The molecule has 1 fully saturated rings. The summed E-state index contributed by atoms with van der Waals surface area (Å²) >= 11 is 3.26. The van der Waals surface area contributed by atoms with Gasteiger partial charge in [-0.05, 0) is 71.1 Å². The summed E-state index contributed by atoms with van der Waals surface area (Å²) in [4.78, 5) is 25.1. The summed E-state index contributed by atoms with van der Waals surface area (Å²) in [6.07, 6.45) is -1.08. The number of rotatable bonds is 3. The molecular formula is C19H19BrF3N3O3. The maximum absolute atomic E-state index is 12.1. The average Bonchev–Trinajstić information content (AvgIpc) is 2.69. The normalized spacial score (nSPS) is 16.3. The number of hydrogen-bond acceptors (Lipinski definition) is 4. The number of amides is 1. The molecule has 1 aliphatic heterocycles. The van der Waals surface area contributed by atoms with Gasteiger partial charge in [0.25, 0.3) is 5.91 Å². The molecule has 0 spiro atoms. The highest BCUT2D eigenvalue weighted by atomic mass is 79.9. The van der Waals surface area contributed by atoms with Crippen LogP contribution >= 0.6 is 15.9 Å². The number of carboxylic acid groups (broad SMARTS) is 1. The van der Waals surface area contributed by atoms with E-state index in [-0.39, 0.29) is 5.91 Å². The number of carbonyl (C=O) groups is 2. The van der Waals surface area contributed by atoms with Gasteiger partial charge in [-0.1, -0.05) is 12.1 Å². The van der Waals surface area contributed by atoms with Crippen LogP contribution in [-0.2, 0) is 4.79 Å². The summed E-state index contributed by atoms with van der Waals surface area (Å²) in [7, 11) is 0. The Morgan fingerprint density at radius 2 is 1.83 bits per heavy atom. The molecule has 2 aromatic rings. The van der Waals surface area contributed by atoms with Gasteiger partial charge in [-0.15, -0.1) is 0 Å². The Balaban J connectivity index is 0.000000370. The number of aliphatic carboxylic acids is 1. The van der Waals surface area contributed by atoms with Gasteiger partial charge in [0, 0.05) is 18.4 Å². The van der Waals surface area contributed by atoms with Crippen molar-refractivity contribution in [1.29, 1.82) is 0 Å². The number of carbonyl (C=O) groups excluding carboxylic acids is 1. The number of hydrogen-bond donors (Lipinski definition) is 3. The first kappa shape index (κ1) is 22.8. The molecule has 6 nitrogen and oxygen atoms in total. The molecule has 1 aromatic heterocycles. The van der Waals surface area contributed by atoms with Gasteiger partial charge in [0.05, 0.1) is 5.56 Å². The summed E-state index contributed by atoms with van der Waals surface area (Å²) in [6, 6.07) is 11.6. The van der Waals surface area contributed by atoms with E-state index in [9.17, 15) is 18.0 Å². The molecule has 0 saturated carbocycles. The Kier molecular flexibility index (Phi) is 8.15. The van der Waals surface area contributed by atoms with Gasteiger partial charge in [-0.3, -0.25) is 4.79 Å². The van der Waals surface area contributed by atoms with Crippen LogP contribution in [0.2, 0.25) is 0 Å². The third kappa shape index (κ3) is 7.47. The van der Waals surface area contributed by atoms with E-state index >= 15 is 0 Å². The molecule has 0 aliphatic carbocycles. The third-order valence-electron chi connectivity index (χ3n) is 4.17. The minimum Gasteiger partial charge on any atom is -0.475 e. The molecule has 29 heavy (non-hydrogen) atoms. The highest BCUT2D eigenvalue weighted by Crippen LogP contribution is 2.24. The summed E-state index contributed by atoms with van der Waals surface area (Å²) in [5.41, 5.74) is 2.68. The number of nitrogens with zero attached hydrogens (tertiary/aromatic N) is 1. The van der Waals surface area contributed by atoms with Gasteiger partial charge in [-0.25, -0.2) is 9.78 Å². The van der Waals surface area contributed by atoms with Crippen molar-refractivity contribution < 1.29 is 27.9 Å². The lowest BCUT2D eigenvalue weighted by molar-refractivity contribution is -0.192. The monoisotopic (exact) mass is 473 g/mol. The minimum atomic E-state index is -5.08. The predicted octanol–water partition coefficient (Wildman–Crippen LogP) is 4.20. The molecule has 0 radical (unpaired) electrons. The van der Waals surface area contributed by atoms with Gasteiger partial charge < -0.3 is 15.7 Å². The van der Waals surface area contributed by atoms with Crippen molar-refractivity contribution in [2.24, 2.45) is 0 Å². The highest BCUT2D eigenvalue weighted by molar-refractivity contribution is 9.10. The van der Waals surface area contributed by atoms with E-state index in [0.29, 0.717) is 11.5 Å². The maximum atomic E-state index is 12.1. The zero-order valence-corrected chi connectivity index (χ0v) is 16.8. The fourth-order valence-corrected chi connectivity index (χ4v) is 2.92. The van der Waals surface area contributed by atoms with Crippen molar-refractivity contribution in [3.63, 3.8) is 0 Å². The number of benzene rings is 1. The number of nitrogens with one attached hydrogen (secondary N) is 2. The number of aromatic nitrogens is 1. The molecule has 1 amide bonds. The van der Waals surface area contributed by atoms with Crippen molar-refractivity contribution in [1.82, 2.24) is 10.3 Å². The minimum absolute atomic E-state index is 0.146. The predicted molar refractivity (Wildman–Crippen MR) is 105 cm³/mol. The number of piperidine rings is 1. The van der Waals surface area contributed by atoms with Crippen molar-refractivity contribution in [3.05, 3.63) is 58.3 Å². The molecule has 156 valence electrons. The first-order chi connectivity index (χ1) is 13.7. The van der Waals surface area contributed by atoms with E-state index in [4.69, 9.17) is 9.90 Å². The lowest BCUT2D eigenvalue weighted by Gasteiger charge is -2.23. The largest absolute Gasteiger partial charge is 0.490 e. The first-order valence-corrected chi connectivity index (χ1v) is 9.50. The van der Waals surface area contributed by atoms with Crippen LogP contribution in [0.15, 0.2) is 47.2 Å². The van der Waals surface area contributed by atoms with Crippen molar-refractivity contribution in [2.75, 3.05) is 18.4 Å². The molecule has 3 rings (SSSR count). The Morgan fingerprint density at radius 3 is 2.31 bits per heavy atom.